The second-order valence-corrected chi connectivity index (χ2v) is 10.7. The van der Waals surface area contributed by atoms with Gasteiger partial charge in [0.25, 0.3) is 12.9 Å². The molecule has 5 heterocycles. The number of hydrogen-bond donors (Lipinski definition) is 2. The molecule has 0 unspecified atom stereocenters. The number of carbonyl (C=O) groups is 2. The van der Waals surface area contributed by atoms with Crippen LogP contribution < -0.4 is 10.6 Å². The minimum Gasteiger partial charge on any atom is -0.457 e. The molecule has 220 valence electrons. The van der Waals surface area contributed by atoms with Crippen molar-refractivity contribution in [1.29, 1.82) is 0 Å². The average molecular weight is 570 g/mol. The first-order valence-corrected chi connectivity index (χ1v) is 14.2. The van der Waals surface area contributed by atoms with E-state index in [1.54, 1.807) is 17.9 Å². The minimum atomic E-state index is -1.03. The molecule has 3 aromatic rings. The number of imidazole rings is 1. The summed E-state index contributed by atoms with van der Waals surface area (Å²) in [7, 11) is 1.61. The Hall–Kier alpha value is -3.92. The predicted octanol–water partition coefficient (Wildman–Crippen LogP) is 0.955. The van der Waals surface area contributed by atoms with Crippen LogP contribution in [0.5, 0.6) is 0 Å². The topological polar surface area (TPSA) is 176 Å². The number of carbonyl (C=O) groups excluding carboxylic acids is 2. The number of tetrazole rings is 1. The Kier molecular flexibility index (Phi) is 8.18. The Labute approximate surface area is 236 Å². The van der Waals surface area contributed by atoms with Crippen molar-refractivity contribution in [3.05, 3.63) is 12.2 Å². The van der Waals surface area contributed by atoms with Gasteiger partial charge in [0.15, 0.2) is 41.5 Å². The number of aromatic nitrogens is 8. The summed E-state index contributed by atoms with van der Waals surface area (Å²) in [6.07, 6.45) is 5.80. The summed E-state index contributed by atoms with van der Waals surface area (Å²) in [5, 5.41) is 19.0. The van der Waals surface area contributed by atoms with Crippen LogP contribution in [0.4, 0.5) is 11.8 Å². The molecular weight excluding hydrogens is 534 g/mol. The second-order valence-electron chi connectivity index (χ2n) is 10.7. The molecule has 0 spiro atoms. The zero-order valence-corrected chi connectivity index (χ0v) is 23.0. The van der Waals surface area contributed by atoms with Gasteiger partial charge in [-0.25, -0.2) is 4.98 Å². The summed E-state index contributed by atoms with van der Waals surface area (Å²) in [6.45, 7) is 4.36. The lowest BCUT2D eigenvalue weighted by molar-refractivity contribution is -0.151. The number of rotatable bonds is 12. The molecule has 1 aliphatic carbocycles. The van der Waals surface area contributed by atoms with Crippen molar-refractivity contribution in [2.24, 2.45) is 7.05 Å². The molecule has 16 heteroatoms. The fourth-order valence-corrected chi connectivity index (χ4v) is 5.96. The van der Waals surface area contributed by atoms with E-state index in [9.17, 15) is 9.59 Å². The molecule has 0 amide bonds. The molecule has 2 N–H and O–H groups in total. The molecule has 4 atom stereocenters. The normalized spacial score (nSPS) is 25.4. The van der Waals surface area contributed by atoms with E-state index in [1.165, 1.54) is 24.1 Å². The number of nitrogens with one attached hydrogen (secondary N) is 2. The zero-order chi connectivity index (χ0) is 28.2. The molecule has 2 aliphatic heterocycles. The van der Waals surface area contributed by atoms with Crippen LogP contribution in [0.3, 0.4) is 0 Å². The Balaban J connectivity index is 1.33. The maximum absolute atomic E-state index is 11.5. The van der Waals surface area contributed by atoms with Crippen molar-refractivity contribution in [2.45, 2.75) is 75.5 Å². The summed E-state index contributed by atoms with van der Waals surface area (Å²) in [5.74, 6) is 1.26. The Morgan fingerprint density at radius 1 is 1.05 bits per heavy atom. The number of hydrogen-bond acceptors (Lipinski definition) is 14. The highest BCUT2D eigenvalue weighted by Gasteiger charge is 2.52. The van der Waals surface area contributed by atoms with Crippen molar-refractivity contribution in [1.82, 2.24) is 44.6 Å². The van der Waals surface area contributed by atoms with E-state index in [0.717, 1.165) is 45.3 Å². The van der Waals surface area contributed by atoms with Crippen molar-refractivity contribution in [3.63, 3.8) is 0 Å². The van der Waals surface area contributed by atoms with E-state index in [2.05, 4.69) is 35.9 Å². The molecule has 2 saturated heterocycles. The fourth-order valence-electron chi connectivity index (χ4n) is 5.96. The summed E-state index contributed by atoms with van der Waals surface area (Å²) >= 11 is 0. The van der Waals surface area contributed by atoms with Crippen molar-refractivity contribution in [2.75, 3.05) is 36.8 Å². The van der Waals surface area contributed by atoms with Gasteiger partial charge in [-0.2, -0.15) is 14.8 Å². The highest BCUT2D eigenvalue weighted by molar-refractivity contribution is 5.84. The van der Waals surface area contributed by atoms with E-state index in [-0.39, 0.29) is 12.3 Å². The highest BCUT2D eigenvalue weighted by atomic mass is 16.6. The number of nitrogens with zero attached hydrogens (tertiary/aromatic N) is 9. The molecule has 1 saturated carbocycles. The van der Waals surface area contributed by atoms with E-state index >= 15 is 0 Å². The lowest BCUT2D eigenvalue weighted by Gasteiger charge is -2.26. The SMILES string of the molecule is Cn1nnc([C@H]2O[C@@H](n3cnc4c(NC5CCCC5)nc(NCCN5CCCCC5)nc43)[C@H](OC=O)[C@H]2OC=O)n1. The van der Waals surface area contributed by atoms with Gasteiger partial charge in [-0.15, -0.1) is 10.2 Å². The van der Waals surface area contributed by atoms with Crippen LogP contribution in [-0.4, -0.2) is 102 Å². The van der Waals surface area contributed by atoms with E-state index in [1.807, 2.05) is 0 Å². The second kappa shape index (κ2) is 12.3. The maximum atomic E-state index is 11.5. The lowest BCUT2D eigenvalue weighted by atomic mass is 10.1. The maximum Gasteiger partial charge on any atom is 0.293 e. The number of likely N-dealkylation sites (tertiary alicyclic amines) is 1. The van der Waals surface area contributed by atoms with Crippen molar-refractivity contribution >= 4 is 35.9 Å². The van der Waals surface area contributed by atoms with Gasteiger partial charge in [0.05, 0.1) is 13.4 Å². The molecule has 0 aromatic carbocycles. The van der Waals surface area contributed by atoms with Crippen LogP contribution >= 0.6 is 0 Å². The highest BCUT2D eigenvalue weighted by Crippen LogP contribution is 2.42. The molecule has 41 heavy (non-hydrogen) atoms. The van der Waals surface area contributed by atoms with Gasteiger partial charge in [0.2, 0.25) is 11.8 Å². The van der Waals surface area contributed by atoms with Crippen LogP contribution in [0.15, 0.2) is 6.33 Å². The Morgan fingerprint density at radius 3 is 2.56 bits per heavy atom. The van der Waals surface area contributed by atoms with Gasteiger partial charge in [0, 0.05) is 19.1 Å². The smallest absolute Gasteiger partial charge is 0.293 e. The van der Waals surface area contributed by atoms with Crippen LogP contribution in [-0.2, 0) is 30.8 Å². The number of aryl methyl sites for hydroxylation is 1. The first-order valence-electron chi connectivity index (χ1n) is 14.2. The molecule has 3 fully saturated rings. The molecular formula is C25H35N11O5. The first kappa shape index (κ1) is 27.3. The predicted molar refractivity (Wildman–Crippen MR) is 144 cm³/mol. The Bertz CT molecular complexity index is 1340. The van der Waals surface area contributed by atoms with Gasteiger partial charge >= 0.3 is 0 Å². The monoisotopic (exact) mass is 569 g/mol. The number of ether oxygens (including phenoxy) is 3. The van der Waals surface area contributed by atoms with E-state index < -0.39 is 24.5 Å². The van der Waals surface area contributed by atoms with Gasteiger partial charge in [-0.3, -0.25) is 14.2 Å². The summed E-state index contributed by atoms with van der Waals surface area (Å²) in [5.41, 5.74) is 1.03. The van der Waals surface area contributed by atoms with Crippen molar-refractivity contribution in [3.8, 4) is 0 Å². The third-order valence-corrected chi connectivity index (χ3v) is 7.94. The quantitative estimate of drug-likeness (QED) is 0.295. The van der Waals surface area contributed by atoms with E-state index in [4.69, 9.17) is 24.2 Å². The van der Waals surface area contributed by atoms with Crippen LogP contribution in [0.2, 0.25) is 0 Å². The van der Waals surface area contributed by atoms with Crippen molar-refractivity contribution < 1.29 is 23.8 Å². The third kappa shape index (κ3) is 5.79. The molecule has 6 rings (SSSR count). The molecule has 0 bridgehead atoms. The number of anilines is 2. The minimum absolute atomic E-state index is 0.184. The Morgan fingerprint density at radius 2 is 1.83 bits per heavy atom. The average Bonchev–Trinajstić information content (AvgIpc) is 3.78. The third-order valence-electron chi connectivity index (χ3n) is 7.94. The molecule has 3 aromatic heterocycles. The standard InChI is InChI=1S/C25H35N11O5/c1-34-32-22(31-33-34)19-18(39-14-37)20(40-15-38)24(41-19)36-13-27-17-21(28-16-7-3-4-8-16)29-25(30-23(17)36)26-9-12-35-10-5-2-6-11-35/h13-16,18-20,24H,2-12H2,1H3,(H2,26,28,29,30)/t18-,19-,20+,24+/m0/s1. The van der Waals surface area contributed by atoms with Gasteiger partial charge in [-0.1, -0.05) is 19.3 Å². The fraction of sp³-hybridized carbons (Fsp3) is 0.680. The first-order chi connectivity index (χ1) is 20.1. The van der Waals surface area contributed by atoms with Crippen LogP contribution in [0.25, 0.3) is 11.2 Å². The summed E-state index contributed by atoms with van der Waals surface area (Å²) in [6, 6.07) is 0.297. The summed E-state index contributed by atoms with van der Waals surface area (Å²) in [4.78, 5) is 40.9. The largest absolute Gasteiger partial charge is 0.457 e. The lowest BCUT2D eigenvalue weighted by Crippen LogP contribution is -2.34. The molecule has 0 radical (unpaired) electrons. The number of piperidine rings is 1. The van der Waals surface area contributed by atoms with Gasteiger partial charge in [-0.05, 0) is 44.0 Å². The molecule has 16 nitrogen and oxygen atoms in total. The van der Waals surface area contributed by atoms with Crippen LogP contribution in [0.1, 0.15) is 63.1 Å². The van der Waals surface area contributed by atoms with Crippen LogP contribution in [0, 0.1) is 0 Å². The molecule has 3 aliphatic rings. The van der Waals surface area contributed by atoms with Gasteiger partial charge in [0.1, 0.15) is 0 Å². The van der Waals surface area contributed by atoms with E-state index in [0.29, 0.717) is 42.0 Å². The summed E-state index contributed by atoms with van der Waals surface area (Å²) < 4.78 is 18.7. The van der Waals surface area contributed by atoms with Gasteiger partial charge < -0.3 is 29.7 Å². The zero-order valence-electron chi connectivity index (χ0n) is 23.0. The number of fused-ring (bicyclic) bond motifs is 1.